The van der Waals surface area contributed by atoms with Gasteiger partial charge >= 0.3 is 0 Å². The minimum atomic E-state index is -0.547. The highest BCUT2D eigenvalue weighted by molar-refractivity contribution is 6.32. The van der Waals surface area contributed by atoms with E-state index in [9.17, 15) is 19.3 Å². The SMILES string of the molecule is Cc1nn(Cc2ccc(F)cc2)c(Cl)c1C=NNC(=O)c1ccc([N+](=O)[O-])cc1. The third kappa shape index (κ3) is 4.82. The van der Waals surface area contributed by atoms with Crippen LogP contribution >= 0.6 is 11.6 Å². The second-order valence-corrected chi connectivity index (χ2v) is 6.44. The van der Waals surface area contributed by atoms with E-state index in [1.165, 1.54) is 42.6 Å². The van der Waals surface area contributed by atoms with Gasteiger partial charge in [0, 0.05) is 17.7 Å². The van der Waals surface area contributed by atoms with Crippen molar-refractivity contribution >= 4 is 29.4 Å². The number of non-ortho nitro benzene ring substituents is 1. The summed E-state index contributed by atoms with van der Waals surface area (Å²) >= 11 is 6.35. The Morgan fingerprint density at radius 3 is 2.55 bits per heavy atom. The largest absolute Gasteiger partial charge is 0.271 e. The Morgan fingerprint density at radius 1 is 1.28 bits per heavy atom. The maximum Gasteiger partial charge on any atom is 0.271 e. The van der Waals surface area contributed by atoms with Crippen molar-refractivity contribution in [2.24, 2.45) is 5.10 Å². The van der Waals surface area contributed by atoms with Crippen LogP contribution in [0.15, 0.2) is 53.6 Å². The Bertz CT molecular complexity index is 1080. The lowest BCUT2D eigenvalue weighted by Crippen LogP contribution is -2.17. The Labute approximate surface area is 169 Å². The summed E-state index contributed by atoms with van der Waals surface area (Å²) in [5, 5.41) is 19.2. The molecule has 0 unspecified atom stereocenters. The molecule has 3 rings (SSSR count). The topological polar surface area (TPSA) is 102 Å². The van der Waals surface area contributed by atoms with Gasteiger partial charge in [-0.05, 0) is 36.8 Å². The molecule has 0 spiro atoms. The van der Waals surface area contributed by atoms with Gasteiger partial charge in [-0.2, -0.15) is 10.2 Å². The van der Waals surface area contributed by atoms with Crippen molar-refractivity contribution in [1.29, 1.82) is 0 Å². The zero-order valence-electron chi connectivity index (χ0n) is 15.2. The molecule has 3 aromatic rings. The van der Waals surface area contributed by atoms with Gasteiger partial charge in [-0.15, -0.1) is 0 Å². The molecule has 0 aliphatic rings. The predicted octanol–water partition coefficient (Wildman–Crippen LogP) is 3.70. The van der Waals surface area contributed by atoms with Crippen molar-refractivity contribution in [2.45, 2.75) is 13.5 Å². The second-order valence-electron chi connectivity index (χ2n) is 6.08. The number of hydrogen-bond donors (Lipinski definition) is 1. The van der Waals surface area contributed by atoms with Gasteiger partial charge in [0.05, 0.1) is 28.9 Å². The molecule has 1 heterocycles. The zero-order chi connectivity index (χ0) is 21.0. The number of nitrogens with one attached hydrogen (secondary N) is 1. The molecule has 148 valence electrons. The van der Waals surface area contributed by atoms with Crippen LogP contribution in [0.2, 0.25) is 5.15 Å². The Kier molecular flexibility index (Phi) is 5.99. The molecule has 1 amide bonds. The van der Waals surface area contributed by atoms with Gasteiger partial charge < -0.3 is 0 Å². The summed E-state index contributed by atoms with van der Waals surface area (Å²) < 4.78 is 14.6. The number of nitro benzene ring substituents is 1. The number of carbonyl (C=O) groups excluding carboxylic acids is 1. The van der Waals surface area contributed by atoms with Gasteiger partial charge in [0.1, 0.15) is 11.0 Å². The van der Waals surface area contributed by atoms with Crippen molar-refractivity contribution in [3.8, 4) is 0 Å². The maximum atomic E-state index is 13.0. The lowest BCUT2D eigenvalue weighted by molar-refractivity contribution is -0.384. The first-order chi connectivity index (χ1) is 13.8. The van der Waals surface area contributed by atoms with Crippen molar-refractivity contribution in [2.75, 3.05) is 0 Å². The monoisotopic (exact) mass is 415 g/mol. The summed E-state index contributed by atoms with van der Waals surface area (Å²) in [6, 6.07) is 11.1. The first-order valence-electron chi connectivity index (χ1n) is 8.40. The summed E-state index contributed by atoms with van der Waals surface area (Å²) in [4.78, 5) is 22.2. The molecule has 0 radical (unpaired) electrons. The average Bonchev–Trinajstić information content (AvgIpc) is 2.97. The van der Waals surface area contributed by atoms with E-state index in [4.69, 9.17) is 11.6 Å². The van der Waals surface area contributed by atoms with E-state index in [1.54, 1.807) is 23.7 Å². The van der Waals surface area contributed by atoms with E-state index in [-0.39, 0.29) is 17.1 Å². The van der Waals surface area contributed by atoms with Crippen LogP contribution in [0.4, 0.5) is 10.1 Å². The Morgan fingerprint density at radius 2 is 1.93 bits per heavy atom. The molecular weight excluding hydrogens is 401 g/mol. The van der Waals surface area contributed by atoms with Crippen LogP contribution in [-0.4, -0.2) is 26.8 Å². The van der Waals surface area contributed by atoms with Crippen molar-refractivity contribution in [3.05, 3.63) is 92.0 Å². The fourth-order valence-electron chi connectivity index (χ4n) is 2.54. The van der Waals surface area contributed by atoms with Gasteiger partial charge in [-0.1, -0.05) is 23.7 Å². The van der Waals surface area contributed by atoms with Crippen LogP contribution in [0.3, 0.4) is 0 Å². The number of halogens is 2. The highest BCUT2D eigenvalue weighted by Crippen LogP contribution is 2.19. The molecule has 1 aromatic heterocycles. The number of benzene rings is 2. The number of nitro groups is 1. The number of hydrogen-bond acceptors (Lipinski definition) is 5. The second kappa shape index (κ2) is 8.61. The first kappa shape index (κ1) is 20.2. The predicted molar refractivity (Wildman–Crippen MR) is 106 cm³/mol. The molecule has 29 heavy (non-hydrogen) atoms. The molecule has 1 N–H and O–H groups in total. The maximum absolute atomic E-state index is 13.0. The van der Waals surface area contributed by atoms with Crippen molar-refractivity contribution in [3.63, 3.8) is 0 Å². The van der Waals surface area contributed by atoms with Crippen LogP contribution in [0.5, 0.6) is 0 Å². The lowest BCUT2D eigenvalue weighted by atomic mass is 10.2. The van der Waals surface area contributed by atoms with Crippen LogP contribution < -0.4 is 5.43 Å². The van der Waals surface area contributed by atoms with E-state index in [2.05, 4.69) is 15.6 Å². The number of nitrogens with zero attached hydrogens (tertiary/aromatic N) is 4. The minimum absolute atomic E-state index is 0.110. The van der Waals surface area contributed by atoms with E-state index in [0.29, 0.717) is 23.0 Å². The Balaban J connectivity index is 1.68. The van der Waals surface area contributed by atoms with Crippen LogP contribution in [0, 0.1) is 22.9 Å². The molecule has 0 aliphatic heterocycles. The number of rotatable bonds is 6. The molecular formula is C19H15ClFN5O3. The molecule has 0 aliphatic carbocycles. The number of aromatic nitrogens is 2. The van der Waals surface area contributed by atoms with Crippen molar-refractivity contribution < 1.29 is 14.1 Å². The third-order valence-electron chi connectivity index (χ3n) is 4.06. The van der Waals surface area contributed by atoms with Gasteiger partial charge in [0.15, 0.2) is 0 Å². The molecule has 0 saturated heterocycles. The summed E-state index contributed by atoms with van der Waals surface area (Å²) in [6.45, 7) is 2.09. The summed E-state index contributed by atoms with van der Waals surface area (Å²) in [7, 11) is 0. The van der Waals surface area contributed by atoms with Crippen molar-refractivity contribution in [1.82, 2.24) is 15.2 Å². The molecule has 0 saturated carbocycles. The smallest absolute Gasteiger partial charge is 0.267 e. The number of carbonyl (C=O) groups is 1. The standard InChI is InChI=1S/C19H15ClFN5O3/c1-12-17(18(20)25(24-12)11-13-2-6-15(21)7-3-13)10-22-23-19(27)14-4-8-16(9-5-14)26(28)29/h2-10H,11H2,1H3,(H,23,27). The van der Waals surface area contributed by atoms with E-state index < -0.39 is 10.8 Å². The van der Waals surface area contributed by atoms with Crippen LogP contribution in [-0.2, 0) is 6.54 Å². The minimum Gasteiger partial charge on any atom is -0.267 e. The first-order valence-corrected chi connectivity index (χ1v) is 8.78. The number of aryl methyl sites for hydroxylation is 1. The van der Waals surface area contributed by atoms with E-state index >= 15 is 0 Å². The third-order valence-corrected chi connectivity index (χ3v) is 4.45. The normalized spacial score (nSPS) is 11.0. The average molecular weight is 416 g/mol. The van der Waals surface area contributed by atoms with Gasteiger partial charge in [0.25, 0.3) is 11.6 Å². The fraction of sp³-hybridized carbons (Fsp3) is 0.105. The van der Waals surface area contributed by atoms with Crippen LogP contribution in [0.1, 0.15) is 27.2 Å². The summed E-state index contributed by atoms with van der Waals surface area (Å²) in [6.07, 6.45) is 1.37. The number of hydrazone groups is 1. The van der Waals surface area contributed by atoms with Crippen LogP contribution in [0.25, 0.3) is 0 Å². The molecule has 0 atom stereocenters. The fourth-order valence-corrected chi connectivity index (χ4v) is 2.82. The quantitative estimate of drug-likeness (QED) is 0.376. The molecule has 8 nitrogen and oxygen atoms in total. The van der Waals surface area contributed by atoms with Gasteiger partial charge in [-0.25, -0.2) is 14.5 Å². The Hall–Kier alpha value is -3.59. The molecule has 2 aromatic carbocycles. The van der Waals surface area contributed by atoms with E-state index in [0.717, 1.165) is 5.56 Å². The highest BCUT2D eigenvalue weighted by Gasteiger charge is 2.13. The van der Waals surface area contributed by atoms with Gasteiger partial charge in [0.2, 0.25) is 0 Å². The van der Waals surface area contributed by atoms with E-state index in [1.807, 2.05) is 0 Å². The summed E-state index contributed by atoms with van der Waals surface area (Å²) in [5.74, 6) is -0.850. The molecule has 10 heteroatoms. The highest BCUT2D eigenvalue weighted by atomic mass is 35.5. The molecule has 0 fully saturated rings. The molecule has 0 bridgehead atoms. The number of amides is 1. The lowest BCUT2D eigenvalue weighted by Gasteiger charge is -2.03. The summed E-state index contributed by atoms with van der Waals surface area (Å²) in [5.41, 5.74) is 4.41. The zero-order valence-corrected chi connectivity index (χ0v) is 15.9. The van der Waals surface area contributed by atoms with Gasteiger partial charge in [-0.3, -0.25) is 14.9 Å².